The lowest BCUT2D eigenvalue weighted by atomic mass is 10.3. The van der Waals surface area contributed by atoms with E-state index in [1.165, 1.54) is 6.33 Å². The average Bonchev–Trinajstić information content (AvgIpc) is 2.28. The lowest BCUT2D eigenvalue weighted by Crippen LogP contribution is -1.96. The molecule has 0 atom stereocenters. The molecule has 0 saturated heterocycles. The van der Waals surface area contributed by atoms with E-state index in [1.54, 1.807) is 0 Å². The molecule has 0 unspecified atom stereocenters. The lowest BCUT2D eigenvalue weighted by molar-refractivity contribution is 0.462. The van der Waals surface area contributed by atoms with Crippen molar-refractivity contribution < 1.29 is 4.74 Å². The Morgan fingerprint density at radius 1 is 1.19 bits per heavy atom. The molecule has 0 fully saturated rings. The molecule has 1 aromatic heterocycles. The standard InChI is InChI=1S/C10H7ClIN3O/c11-8-9(13)14-5-15-10(8)16-7-3-1-6(12)2-4-7/h1-5H,(H2,13,14,15). The number of nitrogens with zero attached hydrogens (tertiary/aromatic N) is 2. The van der Waals surface area contributed by atoms with Gasteiger partial charge in [-0.2, -0.15) is 4.98 Å². The Balaban J connectivity index is 2.27. The molecule has 2 aromatic rings. The number of benzene rings is 1. The number of hydrogen-bond donors (Lipinski definition) is 1. The highest BCUT2D eigenvalue weighted by atomic mass is 127. The summed E-state index contributed by atoms with van der Waals surface area (Å²) in [5, 5.41) is 0.223. The third-order valence-electron chi connectivity index (χ3n) is 1.81. The molecule has 0 bridgehead atoms. The highest BCUT2D eigenvalue weighted by Gasteiger charge is 2.08. The van der Waals surface area contributed by atoms with Crippen molar-refractivity contribution in [2.45, 2.75) is 0 Å². The Morgan fingerprint density at radius 3 is 2.56 bits per heavy atom. The Labute approximate surface area is 111 Å². The van der Waals surface area contributed by atoms with E-state index in [4.69, 9.17) is 22.1 Å². The Hall–Kier alpha value is -1.08. The summed E-state index contributed by atoms with van der Waals surface area (Å²) < 4.78 is 6.60. The molecule has 2 rings (SSSR count). The van der Waals surface area contributed by atoms with Crippen LogP contribution in [0.4, 0.5) is 5.82 Å². The van der Waals surface area contributed by atoms with Gasteiger partial charge in [0.15, 0.2) is 0 Å². The number of nitrogen functional groups attached to an aromatic ring is 1. The molecular weight excluding hydrogens is 340 g/mol. The summed E-state index contributed by atoms with van der Waals surface area (Å²) in [6.07, 6.45) is 1.31. The topological polar surface area (TPSA) is 61.0 Å². The average molecular weight is 348 g/mol. The van der Waals surface area contributed by atoms with Crippen LogP contribution in [0.2, 0.25) is 5.02 Å². The fourth-order valence-electron chi connectivity index (χ4n) is 1.05. The Morgan fingerprint density at radius 2 is 1.88 bits per heavy atom. The fraction of sp³-hybridized carbons (Fsp3) is 0. The van der Waals surface area contributed by atoms with E-state index in [-0.39, 0.29) is 16.7 Å². The van der Waals surface area contributed by atoms with E-state index in [0.717, 1.165) is 3.57 Å². The van der Waals surface area contributed by atoms with E-state index < -0.39 is 0 Å². The van der Waals surface area contributed by atoms with Crippen molar-refractivity contribution in [3.05, 3.63) is 39.2 Å². The van der Waals surface area contributed by atoms with Gasteiger partial charge < -0.3 is 10.5 Å². The van der Waals surface area contributed by atoms with Gasteiger partial charge >= 0.3 is 0 Å². The SMILES string of the molecule is Nc1ncnc(Oc2ccc(I)cc2)c1Cl. The minimum Gasteiger partial charge on any atom is -0.437 e. The van der Waals surface area contributed by atoms with Crippen molar-refractivity contribution in [3.8, 4) is 11.6 Å². The van der Waals surface area contributed by atoms with Crippen LogP contribution in [-0.4, -0.2) is 9.97 Å². The van der Waals surface area contributed by atoms with Gasteiger partial charge in [-0.1, -0.05) is 11.6 Å². The highest BCUT2D eigenvalue weighted by molar-refractivity contribution is 14.1. The molecule has 0 aliphatic rings. The monoisotopic (exact) mass is 347 g/mol. The molecule has 1 aromatic carbocycles. The zero-order valence-electron chi connectivity index (χ0n) is 8.02. The predicted octanol–water partition coefficient (Wildman–Crippen LogP) is 3.11. The molecule has 0 aliphatic carbocycles. The van der Waals surface area contributed by atoms with Gasteiger partial charge in [0, 0.05) is 3.57 Å². The van der Waals surface area contributed by atoms with Crippen LogP contribution in [0.5, 0.6) is 11.6 Å². The second-order valence-electron chi connectivity index (χ2n) is 2.93. The maximum atomic E-state index is 5.90. The first-order valence-corrected chi connectivity index (χ1v) is 5.82. The molecule has 16 heavy (non-hydrogen) atoms. The summed E-state index contributed by atoms with van der Waals surface area (Å²) in [6.45, 7) is 0. The van der Waals surface area contributed by atoms with E-state index >= 15 is 0 Å². The second-order valence-corrected chi connectivity index (χ2v) is 4.56. The van der Waals surface area contributed by atoms with Crippen LogP contribution in [0.3, 0.4) is 0 Å². The Bertz CT molecular complexity index is 504. The van der Waals surface area contributed by atoms with Gasteiger partial charge in [0.1, 0.15) is 22.9 Å². The largest absolute Gasteiger partial charge is 0.437 e. The highest BCUT2D eigenvalue weighted by Crippen LogP contribution is 2.29. The summed E-state index contributed by atoms with van der Waals surface area (Å²) in [5.41, 5.74) is 5.53. The minimum atomic E-state index is 0.206. The molecule has 0 aliphatic heterocycles. The quantitative estimate of drug-likeness (QED) is 0.848. The molecule has 0 amide bonds. The molecule has 6 heteroatoms. The number of rotatable bonds is 2. The summed E-state index contributed by atoms with van der Waals surface area (Å²) in [4.78, 5) is 7.66. The van der Waals surface area contributed by atoms with Crippen molar-refractivity contribution in [2.75, 3.05) is 5.73 Å². The minimum absolute atomic E-state index is 0.206. The maximum absolute atomic E-state index is 5.90. The van der Waals surface area contributed by atoms with Crippen molar-refractivity contribution in [1.29, 1.82) is 0 Å². The zero-order chi connectivity index (χ0) is 11.5. The first kappa shape index (κ1) is 11.4. The molecule has 82 valence electrons. The van der Waals surface area contributed by atoms with Gasteiger partial charge in [-0.3, -0.25) is 0 Å². The molecule has 2 N–H and O–H groups in total. The molecule has 4 nitrogen and oxygen atoms in total. The van der Waals surface area contributed by atoms with Crippen molar-refractivity contribution in [1.82, 2.24) is 9.97 Å². The van der Waals surface area contributed by atoms with Crippen molar-refractivity contribution >= 4 is 40.0 Å². The smallest absolute Gasteiger partial charge is 0.243 e. The molecule has 0 spiro atoms. The summed E-state index contributed by atoms with van der Waals surface area (Å²) in [7, 11) is 0. The van der Waals surface area contributed by atoms with Gasteiger partial charge in [0.2, 0.25) is 5.88 Å². The van der Waals surface area contributed by atoms with Crippen molar-refractivity contribution in [2.24, 2.45) is 0 Å². The van der Waals surface area contributed by atoms with Crippen LogP contribution in [-0.2, 0) is 0 Å². The first-order valence-electron chi connectivity index (χ1n) is 4.36. The van der Waals surface area contributed by atoms with Crippen LogP contribution >= 0.6 is 34.2 Å². The molecular formula is C10H7ClIN3O. The maximum Gasteiger partial charge on any atom is 0.243 e. The third kappa shape index (κ3) is 2.53. The predicted molar refractivity (Wildman–Crippen MR) is 70.7 cm³/mol. The van der Waals surface area contributed by atoms with Gasteiger partial charge in [0.05, 0.1) is 0 Å². The van der Waals surface area contributed by atoms with Crippen LogP contribution in [0.1, 0.15) is 0 Å². The Kier molecular flexibility index (Phi) is 3.45. The van der Waals surface area contributed by atoms with E-state index in [0.29, 0.717) is 5.75 Å². The molecule has 0 saturated carbocycles. The number of aromatic nitrogens is 2. The van der Waals surface area contributed by atoms with Gasteiger partial charge in [-0.05, 0) is 46.9 Å². The zero-order valence-corrected chi connectivity index (χ0v) is 10.9. The number of nitrogens with two attached hydrogens (primary N) is 1. The number of hydrogen-bond acceptors (Lipinski definition) is 4. The second kappa shape index (κ2) is 4.84. The number of ether oxygens (including phenoxy) is 1. The molecule has 0 radical (unpaired) electrons. The van der Waals surface area contributed by atoms with Crippen LogP contribution < -0.4 is 10.5 Å². The molecule has 1 heterocycles. The third-order valence-corrected chi connectivity index (χ3v) is 2.89. The summed E-state index contributed by atoms with van der Waals surface area (Å²) in [5.74, 6) is 1.12. The number of anilines is 1. The van der Waals surface area contributed by atoms with Gasteiger partial charge in [-0.15, -0.1) is 0 Å². The fourth-order valence-corrected chi connectivity index (χ4v) is 1.55. The summed E-state index contributed by atoms with van der Waals surface area (Å²) in [6, 6.07) is 7.51. The normalized spacial score (nSPS) is 10.1. The van der Waals surface area contributed by atoms with Crippen LogP contribution in [0.25, 0.3) is 0 Å². The van der Waals surface area contributed by atoms with Gasteiger partial charge in [0.25, 0.3) is 0 Å². The summed E-state index contributed by atoms with van der Waals surface area (Å²) >= 11 is 8.11. The van der Waals surface area contributed by atoms with Gasteiger partial charge in [-0.25, -0.2) is 4.98 Å². The number of halogens is 2. The van der Waals surface area contributed by atoms with E-state index in [9.17, 15) is 0 Å². The first-order chi connectivity index (χ1) is 7.66. The van der Waals surface area contributed by atoms with E-state index in [2.05, 4.69) is 32.6 Å². The van der Waals surface area contributed by atoms with Crippen LogP contribution in [0.15, 0.2) is 30.6 Å². The van der Waals surface area contributed by atoms with E-state index in [1.807, 2.05) is 24.3 Å². The lowest BCUT2D eigenvalue weighted by Gasteiger charge is -2.06. The van der Waals surface area contributed by atoms with Crippen molar-refractivity contribution in [3.63, 3.8) is 0 Å². The van der Waals surface area contributed by atoms with Crippen LogP contribution in [0, 0.1) is 3.57 Å².